The van der Waals surface area contributed by atoms with Crippen LogP contribution >= 0.6 is 0 Å². The summed E-state index contributed by atoms with van der Waals surface area (Å²) in [4.78, 5) is 0. The van der Waals surface area contributed by atoms with Gasteiger partial charge in [0.2, 0.25) is 0 Å². The van der Waals surface area contributed by atoms with Crippen LogP contribution in [0, 0.1) is 18.2 Å². The molecule has 0 aliphatic carbocycles. The molecule has 84 valence electrons. The zero-order valence-corrected chi connectivity index (χ0v) is 9.13. The van der Waals surface area contributed by atoms with Gasteiger partial charge in [0.1, 0.15) is 5.82 Å². The highest BCUT2D eigenvalue weighted by Crippen LogP contribution is 2.23. The Morgan fingerprint density at radius 3 is 2.33 bits per heavy atom. The number of aliphatic hydroxyl groups excluding tert-OH is 2. The van der Waals surface area contributed by atoms with Crippen LogP contribution in [-0.4, -0.2) is 23.4 Å². The normalized spacial score (nSPS) is 11.8. The Hall–Kier alpha value is -0.930. The van der Waals surface area contributed by atoms with E-state index >= 15 is 0 Å². The zero-order valence-electron chi connectivity index (χ0n) is 9.13. The number of hydrogen-bond donors (Lipinski definition) is 2. The van der Waals surface area contributed by atoms with Crippen LogP contribution in [-0.2, 0) is 6.42 Å². The van der Waals surface area contributed by atoms with E-state index in [1.807, 2.05) is 6.92 Å². The van der Waals surface area contributed by atoms with E-state index < -0.39 is 5.41 Å². The second-order valence-corrected chi connectivity index (χ2v) is 4.37. The molecule has 2 nitrogen and oxygen atoms in total. The molecule has 0 spiro atoms. The molecule has 3 heteroatoms. The maximum absolute atomic E-state index is 12.8. The summed E-state index contributed by atoms with van der Waals surface area (Å²) in [5.74, 6) is -0.258. The minimum Gasteiger partial charge on any atom is -0.396 e. The van der Waals surface area contributed by atoms with E-state index in [1.54, 1.807) is 13.0 Å². The molecule has 0 aliphatic heterocycles. The molecule has 0 bridgehead atoms. The number of rotatable bonds is 4. The molecule has 1 rings (SSSR count). The third-order valence-electron chi connectivity index (χ3n) is 2.69. The minimum atomic E-state index is -0.539. The summed E-state index contributed by atoms with van der Waals surface area (Å²) in [6.45, 7) is 3.46. The molecular formula is C12H17FO2. The second-order valence-electron chi connectivity index (χ2n) is 4.37. The van der Waals surface area contributed by atoms with Gasteiger partial charge < -0.3 is 10.2 Å². The van der Waals surface area contributed by atoms with Gasteiger partial charge in [-0.25, -0.2) is 4.39 Å². The molecule has 0 saturated carbocycles. The first-order valence-electron chi connectivity index (χ1n) is 4.97. The molecule has 0 fully saturated rings. The van der Waals surface area contributed by atoms with E-state index in [0.29, 0.717) is 6.42 Å². The van der Waals surface area contributed by atoms with Crippen LogP contribution in [0.1, 0.15) is 18.1 Å². The number of halogens is 1. The van der Waals surface area contributed by atoms with Crippen molar-refractivity contribution in [3.63, 3.8) is 0 Å². The number of hydrogen-bond acceptors (Lipinski definition) is 2. The molecule has 0 aliphatic rings. The largest absolute Gasteiger partial charge is 0.396 e. The quantitative estimate of drug-likeness (QED) is 0.797. The standard InChI is InChI=1S/C12H17FO2/c1-9-5-11(13)4-3-10(9)6-12(2,7-14)8-15/h3-5,14-15H,6-8H2,1-2H3. The van der Waals surface area contributed by atoms with Gasteiger partial charge in [0.05, 0.1) is 13.2 Å². The molecule has 0 unspecified atom stereocenters. The monoisotopic (exact) mass is 212 g/mol. The molecule has 0 saturated heterocycles. The Labute approximate surface area is 89.4 Å². The first-order chi connectivity index (χ1) is 7.00. The molecule has 0 atom stereocenters. The van der Waals surface area contributed by atoms with Crippen molar-refractivity contribution >= 4 is 0 Å². The van der Waals surface area contributed by atoms with E-state index in [4.69, 9.17) is 10.2 Å². The van der Waals surface area contributed by atoms with Crippen molar-refractivity contribution in [2.45, 2.75) is 20.3 Å². The fourth-order valence-corrected chi connectivity index (χ4v) is 1.48. The summed E-state index contributed by atoms with van der Waals surface area (Å²) in [5, 5.41) is 18.3. The Morgan fingerprint density at radius 2 is 1.87 bits per heavy atom. The maximum Gasteiger partial charge on any atom is 0.123 e. The van der Waals surface area contributed by atoms with E-state index in [0.717, 1.165) is 11.1 Å². The highest BCUT2D eigenvalue weighted by atomic mass is 19.1. The smallest absolute Gasteiger partial charge is 0.123 e. The fraction of sp³-hybridized carbons (Fsp3) is 0.500. The lowest BCUT2D eigenvalue weighted by Crippen LogP contribution is -2.28. The van der Waals surface area contributed by atoms with Crippen LogP contribution in [0.15, 0.2) is 18.2 Å². The molecule has 1 aromatic rings. The van der Waals surface area contributed by atoms with Gasteiger partial charge in [0.25, 0.3) is 0 Å². The average Bonchev–Trinajstić information content (AvgIpc) is 2.22. The maximum atomic E-state index is 12.8. The predicted molar refractivity (Wildman–Crippen MR) is 57.1 cm³/mol. The highest BCUT2D eigenvalue weighted by molar-refractivity contribution is 5.27. The highest BCUT2D eigenvalue weighted by Gasteiger charge is 2.23. The summed E-state index contributed by atoms with van der Waals surface area (Å²) in [7, 11) is 0. The number of aryl methyl sites for hydroxylation is 1. The SMILES string of the molecule is Cc1cc(F)ccc1CC(C)(CO)CO. The van der Waals surface area contributed by atoms with Crippen LogP contribution in [0.25, 0.3) is 0 Å². The molecule has 0 amide bonds. The van der Waals surface area contributed by atoms with Crippen LogP contribution in [0.3, 0.4) is 0 Å². The van der Waals surface area contributed by atoms with Crippen molar-refractivity contribution in [1.82, 2.24) is 0 Å². The van der Waals surface area contributed by atoms with Gasteiger partial charge in [-0.05, 0) is 36.6 Å². The van der Waals surface area contributed by atoms with Crippen LogP contribution < -0.4 is 0 Å². The van der Waals surface area contributed by atoms with Gasteiger partial charge in [-0.3, -0.25) is 0 Å². The first-order valence-corrected chi connectivity index (χ1v) is 4.97. The van der Waals surface area contributed by atoms with Crippen LogP contribution in [0.4, 0.5) is 4.39 Å². The van der Waals surface area contributed by atoms with E-state index in [-0.39, 0.29) is 19.0 Å². The molecule has 0 heterocycles. The average molecular weight is 212 g/mol. The summed E-state index contributed by atoms with van der Waals surface area (Å²) < 4.78 is 12.8. The van der Waals surface area contributed by atoms with Gasteiger partial charge >= 0.3 is 0 Å². The van der Waals surface area contributed by atoms with Gasteiger partial charge in [-0.2, -0.15) is 0 Å². The lowest BCUT2D eigenvalue weighted by atomic mass is 9.84. The Kier molecular flexibility index (Phi) is 3.83. The van der Waals surface area contributed by atoms with Crippen molar-refractivity contribution in [2.75, 3.05) is 13.2 Å². The van der Waals surface area contributed by atoms with Gasteiger partial charge in [-0.15, -0.1) is 0 Å². The predicted octanol–water partition coefficient (Wildman–Crippen LogP) is 1.67. The third-order valence-corrected chi connectivity index (χ3v) is 2.69. The Bertz CT molecular complexity index is 332. The second kappa shape index (κ2) is 4.73. The molecular weight excluding hydrogens is 195 g/mol. The van der Waals surface area contributed by atoms with E-state index in [1.165, 1.54) is 12.1 Å². The Balaban J connectivity index is 2.89. The molecule has 1 aromatic carbocycles. The van der Waals surface area contributed by atoms with Gasteiger partial charge in [0, 0.05) is 5.41 Å². The molecule has 15 heavy (non-hydrogen) atoms. The van der Waals surface area contributed by atoms with Gasteiger partial charge in [0.15, 0.2) is 0 Å². The number of benzene rings is 1. The minimum absolute atomic E-state index is 0.0830. The van der Waals surface area contributed by atoms with E-state index in [9.17, 15) is 4.39 Å². The zero-order chi connectivity index (χ0) is 11.5. The van der Waals surface area contributed by atoms with Crippen molar-refractivity contribution in [2.24, 2.45) is 5.41 Å². The summed E-state index contributed by atoms with van der Waals surface area (Å²) >= 11 is 0. The first kappa shape index (κ1) is 12.1. The summed E-state index contributed by atoms with van der Waals surface area (Å²) in [6, 6.07) is 4.57. The third kappa shape index (κ3) is 3.01. The lowest BCUT2D eigenvalue weighted by Gasteiger charge is -2.25. The van der Waals surface area contributed by atoms with Crippen LogP contribution in [0.5, 0.6) is 0 Å². The molecule has 0 radical (unpaired) electrons. The van der Waals surface area contributed by atoms with Gasteiger partial charge in [-0.1, -0.05) is 13.0 Å². The summed E-state index contributed by atoms with van der Waals surface area (Å²) in [5.41, 5.74) is 1.27. The molecule has 0 aromatic heterocycles. The van der Waals surface area contributed by atoms with Crippen molar-refractivity contribution in [1.29, 1.82) is 0 Å². The van der Waals surface area contributed by atoms with E-state index in [2.05, 4.69) is 0 Å². The van der Waals surface area contributed by atoms with Crippen molar-refractivity contribution < 1.29 is 14.6 Å². The van der Waals surface area contributed by atoms with Crippen molar-refractivity contribution in [3.05, 3.63) is 35.1 Å². The molecule has 2 N–H and O–H groups in total. The Morgan fingerprint density at radius 1 is 1.27 bits per heavy atom. The van der Waals surface area contributed by atoms with Crippen molar-refractivity contribution in [3.8, 4) is 0 Å². The topological polar surface area (TPSA) is 40.5 Å². The summed E-state index contributed by atoms with van der Waals surface area (Å²) in [6.07, 6.45) is 0.548. The number of aliphatic hydroxyl groups is 2. The van der Waals surface area contributed by atoms with Crippen LogP contribution in [0.2, 0.25) is 0 Å². The lowest BCUT2D eigenvalue weighted by molar-refractivity contribution is 0.0703. The fourth-order valence-electron chi connectivity index (χ4n) is 1.48.